The van der Waals surface area contributed by atoms with E-state index in [4.69, 9.17) is 12.2 Å². The zero-order valence-electron chi connectivity index (χ0n) is 16.1. The van der Waals surface area contributed by atoms with Gasteiger partial charge in [-0.1, -0.05) is 73.9 Å². The fourth-order valence-corrected chi connectivity index (χ4v) is 6.16. The number of rotatable bonds is 2. The van der Waals surface area contributed by atoms with Gasteiger partial charge >= 0.3 is 0 Å². The molecule has 2 atom stereocenters. The van der Waals surface area contributed by atoms with Crippen LogP contribution >= 0.6 is 35.7 Å². The second-order valence-electron chi connectivity index (χ2n) is 7.67. The fourth-order valence-electron chi connectivity index (χ4n) is 4.06. The lowest BCUT2D eigenvalue weighted by molar-refractivity contribution is -0.115. The number of hydrogen-bond acceptors (Lipinski definition) is 4. The molecule has 2 aromatic rings. The van der Waals surface area contributed by atoms with E-state index in [2.05, 4.69) is 30.9 Å². The number of carbonyl (C=O) groups is 1. The summed E-state index contributed by atoms with van der Waals surface area (Å²) in [5, 5.41) is 0. The van der Waals surface area contributed by atoms with Crippen LogP contribution < -0.4 is 4.90 Å². The van der Waals surface area contributed by atoms with Gasteiger partial charge in [-0.3, -0.25) is 9.69 Å². The van der Waals surface area contributed by atoms with E-state index in [0.29, 0.717) is 17.6 Å². The van der Waals surface area contributed by atoms with Crippen LogP contribution in [0, 0.1) is 11.8 Å². The third-order valence-corrected chi connectivity index (χ3v) is 7.77. The first-order valence-corrected chi connectivity index (χ1v) is 11.8. The summed E-state index contributed by atoms with van der Waals surface area (Å²) in [7, 11) is 0. The topological polar surface area (TPSA) is 23.6 Å². The maximum Gasteiger partial charge on any atom is 0.242 e. The van der Waals surface area contributed by atoms with E-state index in [0.717, 1.165) is 38.6 Å². The van der Waals surface area contributed by atoms with Gasteiger partial charge < -0.3 is 4.90 Å². The molecule has 28 heavy (non-hydrogen) atoms. The lowest BCUT2D eigenvalue weighted by atomic mass is 9.92. The summed E-state index contributed by atoms with van der Waals surface area (Å²) < 4.78 is 0.847. The number of benzene rings is 2. The van der Waals surface area contributed by atoms with E-state index < -0.39 is 0 Å². The Morgan fingerprint density at radius 3 is 2.14 bits per heavy atom. The molecular formula is C22H24N2OS3. The molecule has 2 heterocycles. The van der Waals surface area contributed by atoms with Gasteiger partial charge in [0, 0.05) is 22.9 Å². The molecule has 6 heteroatoms. The molecule has 0 N–H and O–H groups in total. The zero-order valence-corrected chi connectivity index (χ0v) is 18.6. The quantitative estimate of drug-likeness (QED) is 0.562. The van der Waals surface area contributed by atoms with Crippen LogP contribution in [0.3, 0.4) is 0 Å². The third-order valence-electron chi connectivity index (χ3n) is 5.13. The number of nitrogens with zero attached hydrogens (tertiary/aromatic N) is 2. The Bertz CT molecular complexity index is 845. The highest BCUT2D eigenvalue weighted by atomic mass is 32.2. The molecule has 0 bridgehead atoms. The van der Waals surface area contributed by atoms with Crippen molar-refractivity contribution in [3.8, 4) is 0 Å². The summed E-state index contributed by atoms with van der Waals surface area (Å²) in [5.41, 5.74) is 1.92. The molecule has 0 aromatic heterocycles. The van der Waals surface area contributed by atoms with Gasteiger partial charge in [0.1, 0.15) is 4.32 Å². The van der Waals surface area contributed by atoms with Crippen molar-refractivity contribution in [2.24, 2.45) is 11.8 Å². The van der Waals surface area contributed by atoms with Gasteiger partial charge in [0.2, 0.25) is 5.91 Å². The lowest BCUT2D eigenvalue weighted by Crippen LogP contribution is -2.41. The number of anilines is 2. The molecule has 1 fully saturated rings. The molecule has 0 saturated carbocycles. The van der Waals surface area contributed by atoms with Gasteiger partial charge in [-0.2, -0.15) is 0 Å². The standard InChI is InChI=1S/C22H24N2OS3/c1-15-11-16(2)13-23(12-15)22(26)27-14-21(25)24-17-7-3-5-9-19(17)28-20-10-6-4-8-18(20)24/h3-10,15-16H,11-14H2,1-2H3. The van der Waals surface area contributed by atoms with Crippen LogP contribution in [0.5, 0.6) is 0 Å². The maximum absolute atomic E-state index is 13.3. The predicted molar refractivity (Wildman–Crippen MR) is 124 cm³/mol. The monoisotopic (exact) mass is 428 g/mol. The molecule has 2 aliphatic heterocycles. The number of para-hydroxylation sites is 2. The van der Waals surface area contributed by atoms with Crippen molar-refractivity contribution in [1.82, 2.24) is 4.90 Å². The predicted octanol–water partition coefficient (Wildman–Crippen LogP) is 5.81. The van der Waals surface area contributed by atoms with Crippen LogP contribution in [-0.2, 0) is 4.79 Å². The normalized spacial score (nSPS) is 21.1. The second kappa shape index (κ2) is 8.47. The summed E-state index contributed by atoms with van der Waals surface area (Å²) in [6.45, 7) is 6.55. The van der Waals surface area contributed by atoms with E-state index in [1.165, 1.54) is 18.2 Å². The minimum absolute atomic E-state index is 0.0747. The Morgan fingerprint density at radius 2 is 1.57 bits per heavy atom. The lowest BCUT2D eigenvalue weighted by Gasteiger charge is -2.36. The van der Waals surface area contributed by atoms with E-state index in [1.54, 1.807) is 11.8 Å². The zero-order chi connectivity index (χ0) is 19.7. The minimum Gasteiger partial charge on any atom is -0.357 e. The Balaban J connectivity index is 1.50. The number of fused-ring (bicyclic) bond motifs is 2. The average molecular weight is 429 g/mol. The number of thiocarbonyl (C=S) groups is 1. The number of likely N-dealkylation sites (tertiary alicyclic amines) is 1. The van der Waals surface area contributed by atoms with E-state index in [9.17, 15) is 4.79 Å². The highest BCUT2D eigenvalue weighted by molar-refractivity contribution is 8.23. The fraction of sp³-hybridized carbons (Fsp3) is 0.364. The van der Waals surface area contributed by atoms with Crippen LogP contribution in [0.25, 0.3) is 0 Å². The number of carbonyl (C=O) groups excluding carboxylic acids is 1. The van der Waals surface area contributed by atoms with Crippen LogP contribution in [0.2, 0.25) is 0 Å². The molecule has 2 aliphatic rings. The highest BCUT2D eigenvalue weighted by Gasteiger charge is 2.29. The van der Waals surface area contributed by atoms with E-state index in [-0.39, 0.29) is 5.91 Å². The van der Waals surface area contributed by atoms with Crippen molar-refractivity contribution in [3.63, 3.8) is 0 Å². The number of piperidine rings is 1. The summed E-state index contributed by atoms with van der Waals surface area (Å²) in [5.74, 6) is 1.73. The molecule has 4 rings (SSSR count). The first-order valence-electron chi connectivity index (χ1n) is 9.63. The second-order valence-corrected chi connectivity index (χ2v) is 10.4. The number of thioether (sulfide) groups is 1. The molecule has 0 aliphatic carbocycles. The smallest absolute Gasteiger partial charge is 0.242 e. The Hall–Kier alpha value is -1.50. The summed E-state index contributed by atoms with van der Waals surface area (Å²) in [6.07, 6.45) is 1.25. The third kappa shape index (κ3) is 4.09. The SMILES string of the molecule is CC1CC(C)CN(C(=S)SCC(=O)N2c3ccccc3Sc3ccccc32)C1. The van der Waals surface area contributed by atoms with Crippen LogP contribution in [0.15, 0.2) is 58.3 Å². The van der Waals surface area contributed by atoms with Crippen LogP contribution in [0.4, 0.5) is 11.4 Å². The first kappa shape index (κ1) is 19.8. The molecule has 146 valence electrons. The van der Waals surface area contributed by atoms with Crippen LogP contribution in [0.1, 0.15) is 20.3 Å². The van der Waals surface area contributed by atoms with Crippen molar-refractivity contribution in [2.45, 2.75) is 30.1 Å². The number of amides is 1. The van der Waals surface area contributed by atoms with Crippen molar-refractivity contribution in [1.29, 1.82) is 0 Å². The number of hydrogen-bond donors (Lipinski definition) is 0. The summed E-state index contributed by atoms with van der Waals surface area (Å²) >= 11 is 8.88. The van der Waals surface area contributed by atoms with Gasteiger partial charge in [-0.15, -0.1) is 0 Å². The molecule has 2 unspecified atom stereocenters. The van der Waals surface area contributed by atoms with Crippen molar-refractivity contribution >= 4 is 57.3 Å². The maximum atomic E-state index is 13.3. The van der Waals surface area contributed by atoms with Crippen LogP contribution in [-0.4, -0.2) is 34.0 Å². The minimum atomic E-state index is 0.0747. The van der Waals surface area contributed by atoms with Crippen molar-refractivity contribution < 1.29 is 4.79 Å². The molecular weight excluding hydrogens is 404 g/mol. The van der Waals surface area contributed by atoms with Gasteiger partial charge in [0.05, 0.1) is 17.1 Å². The molecule has 0 spiro atoms. The largest absolute Gasteiger partial charge is 0.357 e. The van der Waals surface area contributed by atoms with E-state index >= 15 is 0 Å². The first-order chi connectivity index (χ1) is 13.5. The molecule has 3 nitrogen and oxygen atoms in total. The van der Waals surface area contributed by atoms with Gasteiger partial charge in [0.15, 0.2) is 0 Å². The molecule has 1 saturated heterocycles. The molecule has 0 radical (unpaired) electrons. The van der Waals surface area contributed by atoms with Crippen molar-refractivity contribution in [3.05, 3.63) is 48.5 Å². The van der Waals surface area contributed by atoms with Gasteiger partial charge in [0.25, 0.3) is 0 Å². The Morgan fingerprint density at radius 1 is 1.04 bits per heavy atom. The molecule has 1 amide bonds. The highest BCUT2D eigenvalue weighted by Crippen LogP contribution is 2.48. The van der Waals surface area contributed by atoms with Gasteiger partial charge in [-0.25, -0.2) is 0 Å². The average Bonchev–Trinajstić information content (AvgIpc) is 2.69. The summed E-state index contributed by atoms with van der Waals surface area (Å²) in [4.78, 5) is 19.6. The Kier molecular flexibility index (Phi) is 5.99. The summed E-state index contributed by atoms with van der Waals surface area (Å²) in [6, 6.07) is 16.2. The van der Waals surface area contributed by atoms with Gasteiger partial charge in [-0.05, 0) is 42.5 Å². The molecule has 2 aromatic carbocycles. The Labute approximate surface area is 180 Å². The van der Waals surface area contributed by atoms with E-state index in [1.807, 2.05) is 41.3 Å². The van der Waals surface area contributed by atoms with Crippen molar-refractivity contribution in [2.75, 3.05) is 23.7 Å².